The van der Waals surface area contributed by atoms with E-state index < -0.39 is 9.84 Å². The summed E-state index contributed by atoms with van der Waals surface area (Å²) < 4.78 is 29.7. The lowest BCUT2D eigenvalue weighted by Gasteiger charge is -2.11. The van der Waals surface area contributed by atoms with E-state index in [4.69, 9.17) is 4.52 Å². The lowest BCUT2D eigenvalue weighted by molar-refractivity contribution is 0.372. The van der Waals surface area contributed by atoms with Crippen molar-refractivity contribution in [1.82, 2.24) is 15.8 Å². The van der Waals surface area contributed by atoms with Crippen molar-refractivity contribution in [2.45, 2.75) is 31.2 Å². The van der Waals surface area contributed by atoms with Gasteiger partial charge < -0.3 is 15.2 Å². The van der Waals surface area contributed by atoms with Crippen LogP contribution in [0, 0.1) is 0 Å². The average molecular weight is 364 g/mol. The normalized spacial score (nSPS) is 12.4. The first-order chi connectivity index (χ1) is 11.9. The molecule has 0 saturated carbocycles. The molecule has 0 atom stereocenters. The Morgan fingerprint density at radius 1 is 1.24 bits per heavy atom. The Balaban J connectivity index is 1.82. The predicted octanol–water partition coefficient (Wildman–Crippen LogP) is 1.94. The highest BCUT2D eigenvalue weighted by atomic mass is 32.2. The first-order valence-electron chi connectivity index (χ1n) is 8.10. The summed E-state index contributed by atoms with van der Waals surface area (Å²) in [6.45, 7) is 4.76. The molecular formula is C17H24N4O3S. The summed E-state index contributed by atoms with van der Waals surface area (Å²) in [5.41, 5.74) is 0.897. The molecule has 0 unspecified atom stereocenters. The molecule has 0 saturated heterocycles. The van der Waals surface area contributed by atoms with E-state index in [1.807, 2.05) is 19.9 Å². The largest absolute Gasteiger partial charge is 0.359 e. The predicted molar refractivity (Wildman–Crippen MR) is 97.3 cm³/mol. The molecule has 0 aliphatic heterocycles. The van der Waals surface area contributed by atoms with Crippen LogP contribution in [0.15, 0.2) is 50.8 Å². The number of hydrogen-bond acceptors (Lipinski definition) is 5. The SMILES string of the molecule is CN=C(NCCS(=O)(=O)c1ccccc1)NCc1cc(C(C)C)no1. The zero-order valence-corrected chi connectivity index (χ0v) is 15.5. The van der Waals surface area contributed by atoms with Crippen LogP contribution in [0.1, 0.15) is 31.2 Å². The zero-order chi connectivity index (χ0) is 18.3. The van der Waals surface area contributed by atoms with Gasteiger partial charge in [-0.1, -0.05) is 37.2 Å². The van der Waals surface area contributed by atoms with Gasteiger partial charge in [-0.15, -0.1) is 0 Å². The molecule has 1 aromatic carbocycles. The molecule has 2 aromatic rings. The Hall–Kier alpha value is -2.35. The van der Waals surface area contributed by atoms with E-state index in [1.54, 1.807) is 37.4 Å². The second-order valence-electron chi connectivity index (χ2n) is 5.86. The molecule has 1 heterocycles. The molecule has 0 bridgehead atoms. The highest BCUT2D eigenvalue weighted by Crippen LogP contribution is 2.13. The molecule has 25 heavy (non-hydrogen) atoms. The van der Waals surface area contributed by atoms with Crippen molar-refractivity contribution in [3.63, 3.8) is 0 Å². The third-order valence-corrected chi connectivity index (χ3v) is 5.32. The summed E-state index contributed by atoms with van der Waals surface area (Å²) in [6, 6.07) is 10.3. The fourth-order valence-corrected chi connectivity index (χ4v) is 3.30. The Bertz CT molecular complexity index is 798. The summed E-state index contributed by atoms with van der Waals surface area (Å²) in [5.74, 6) is 1.49. The van der Waals surface area contributed by atoms with Gasteiger partial charge in [-0.3, -0.25) is 4.99 Å². The van der Waals surface area contributed by atoms with E-state index in [9.17, 15) is 8.42 Å². The van der Waals surface area contributed by atoms with Crippen LogP contribution in [0.3, 0.4) is 0 Å². The Kier molecular flexibility index (Phi) is 6.58. The van der Waals surface area contributed by atoms with Gasteiger partial charge in [0, 0.05) is 19.7 Å². The number of hydrogen-bond donors (Lipinski definition) is 2. The fraction of sp³-hybridized carbons (Fsp3) is 0.412. The van der Waals surface area contributed by atoms with Crippen LogP contribution >= 0.6 is 0 Å². The molecule has 0 amide bonds. The van der Waals surface area contributed by atoms with Crippen molar-refractivity contribution in [3.05, 3.63) is 47.9 Å². The van der Waals surface area contributed by atoms with Gasteiger partial charge in [0.05, 0.1) is 22.9 Å². The number of nitrogens with one attached hydrogen (secondary N) is 2. The van der Waals surface area contributed by atoms with Crippen molar-refractivity contribution in [2.75, 3.05) is 19.3 Å². The molecule has 7 nitrogen and oxygen atoms in total. The Labute approximate surface area is 148 Å². The van der Waals surface area contributed by atoms with Gasteiger partial charge in [0.2, 0.25) is 0 Å². The minimum atomic E-state index is -3.31. The average Bonchev–Trinajstić information content (AvgIpc) is 3.08. The number of aromatic nitrogens is 1. The summed E-state index contributed by atoms with van der Waals surface area (Å²) in [6.07, 6.45) is 0. The van der Waals surface area contributed by atoms with Gasteiger partial charge in [0.15, 0.2) is 21.6 Å². The van der Waals surface area contributed by atoms with E-state index in [2.05, 4.69) is 20.8 Å². The maximum Gasteiger partial charge on any atom is 0.191 e. The van der Waals surface area contributed by atoms with Crippen LogP contribution in [-0.2, 0) is 16.4 Å². The molecule has 2 N–H and O–H groups in total. The number of nitrogens with zero attached hydrogens (tertiary/aromatic N) is 2. The van der Waals surface area contributed by atoms with Crippen LogP contribution < -0.4 is 10.6 Å². The second-order valence-corrected chi connectivity index (χ2v) is 7.97. The third kappa shape index (κ3) is 5.60. The van der Waals surface area contributed by atoms with E-state index in [0.717, 1.165) is 5.69 Å². The quantitative estimate of drug-likeness (QED) is 0.576. The van der Waals surface area contributed by atoms with Crippen LogP contribution in [0.5, 0.6) is 0 Å². The first-order valence-corrected chi connectivity index (χ1v) is 9.75. The molecular weight excluding hydrogens is 340 g/mol. The lowest BCUT2D eigenvalue weighted by Crippen LogP contribution is -2.39. The highest BCUT2D eigenvalue weighted by molar-refractivity contribution is 7.91. The molecule has 0 radical (unpaired) electrons. The van der Waals surface area contributed by atoms with Gasteiger partial charge in [-0.25, -0.2) is 8.42 Å². The smallest absolute Gasteiger partial charge is 0.191 e. The molecule has 8 heteroatoms. The van der Waals surface area contributed by atoms with Crippen LogP contribution in [0.2, 0.25) is 0 Å². The number of benzene rings is 1. The molecule has 0 aliphatic carbocycles. The highest BCUT2D eigenvalue weighted by Gasteiger charge is 2.14. The minimum absolute atomic E-state index is 0.0164. The third-order valence-electron chi connectivity index (χ3n) is 3.59. The van der Waals surface area contributed by atoms with Crippen molar-refractivity contribution in [2.24, 2.45) is 4.99 Å². The van der Waals surface area contributed by atoms with E-state index in [-0.39, 0.29) is 12.3 Å². The van der Waals surface area contributed by atoms with Crippen molar-refractivity contribution < 1.29 is 12.9 Å². The van der Waals surface area contributed by atoms with Gasteiger partial charge in [-0.2, -0.15) is 0 Å². The summed E-state index contributed by atoms with van der Waals surface area (Å²) in [5, 5.41) is 10.1. The molecule has 1 aromatic heterocycles. The molecule has 2 rings (SSSR count). The summed E-state index contributed by atoms with van der Waals surface area (Å²) in [7, 11) is -1.69. The first kappa shape index (κ1) is 19.0. The zero-order valence-electron chi connectivity index (χ0n) is 14.7. The monoisotopic (exact) mass is 364 g/mol. The minimum Gasteiger partial charge on any atom is -0.359 e. The van der Waals surface area contributed by atoms with Gasteiger partial charge in [0.1, 0.15) is 0 Å². The van der Waals surface area contributed by atoms with Gasteiger partial charge in [0.25, 0.3) is 0 Å². The number of rotatable bonds is 7. The standard InChI is InChI=1S/C17H24N4O3S/c1-13(2)16-11-14(24-21-16)12-20-17(18-3)19-9-10-25(22,23)15-7-5-4-6-8-15/h4-8,11,13H,9-10,12H2,1-3H3,(H2,18,19,20). The van der Waals surface area contributed by atoms with Gasteiger partial charge >= 0.3 is 0 Å². The lowest BCUT2D eigenvalue weighted by atomic mass is 10.1. The number of sulfone groups is 1. The van der Waals surface area contributed by atoms with Crippen LogP contribution in [-0.4, -0.2) is 38.9 Å². The maximum absolute atomic E-state index is 12.2. The van der Waals surface area contributed by atoms with E-state index in [0.29, 0.717) is 29.1 Å². The maximum atomic E-state index is 12.2. The van der Waals surface area contributed by atoms with E-state index in [1.165, 1.54) is 0 Å². The second kappa shape index (κ2) is 8.66. The Morgan fingerprint density at radius 2 is 1.96 bits per heavy atom. The van der Waals surface area contributed by atoms with Crippen molar-refractivity contribution in [1.29, 1.82) is 0 Å². The summed E-state index contributed by atoms with van der Waals surface area (Å²) in [4.78, 5) is 4.40. The van der Waals surface area contributed by atoms with Crippen LogP contribution in [0.25, 0.3) is 0 Å². The van der Waals surface area contributed by atoms with Gasteiger partial charge in [-0.05, 0) is 18.1 Å². The molecule has 136 valence electrons. The van der Waals surface area contributed by atoms with E-state index >= 15 is 0 Å². The Morgan fingerprint density at radius 3 is 2.56 bits per heavy atom. The molecule has 0 aliphatic rings. The fourth-order valence-electron chi connectivity index (χ4n) is 2.13. The van der Waals surface area contributed by atoms with Crippen molar-refractivity contribution in [3.8, 4) is 0 Å². The summed E-state index contributed by atoms with van der Waals surface area (Å²) >= 11 is 0. The molecule has 0 spiro atoms. The topological polar surface area (TPSA) is 96.6 Å². The number of guanidine groups is 1. The van der Waals surface area contributed by atoms with Crippen molar-refractivity contribution >= 4 is 15.8 Å². The number of aliphatic imine (C=N–C) groups is 1. The molecule has 0 fully saturated rings. The van der Waals surface area contributed by atoms with Crippen LogP contribution in [0.4, 0.5) is 0 Å².